The highest BCUT2D eigenvalue weighted by Crippen LogP contribution is 2.29. The number of anilines is 1. The molecular formula is C19H24N2O6S2. The molecule has 0 bridgehead atoms. The van der Waals surface area contributed by atoms with Crippen LogP contribution in [-0.2, 0) is 19.9 Å². The number of carbonyl (C=O) groups excluding carboxylic acids is 1. The third-order valence-electron chi connectivity index (χ3n) is 4.12. The molecule has 0 aliphatic heterocycles. The zero-order valence-electron chi connectivity index (χ0n) is 16.7. The van der Waals surface area contributed by atoms with Crippen molar-refractivity contribution in [3.63, 3.8) is 0 Å². The molecule has 0 spiro atoms. The van der Waals surface area contributed by atoms with E-state index in [-0.39, 0.29) is 39.2 Å². The third-order valence-corrected chi connectivity index (χ3v) is 7.70. The summed E-state index contributed by atoms with van der Waals surface area (Å²) in [5, 5.41) is 2.62. The van der Waals surface area contributed by atoms with E-state index in [1.165, 1.54) is 56.6 Å². The first-order valence-corrected chi connectivity index (χ1v) is 12.0. The summed E-state index contributed by atoms with van der Waals surface area (Å²) >= 11 is 0. The summed E-state index contributed by atoms with van der Waals surface area (Å²) in [6, 6.07) is 9.89. The van der Waals surface area contributed by atoms with Gasteiger partial charge in [-0.05, 0) is 49.4 Å². The summed E-state index contributed by atoms with van der Waals surface area (Å²) in [5.74, 6) is -0.343. The van der Waals surface area contributed by atoms with Gasteiger partial charge in [0.15, 0.2) is 9.84 Å². The number of sulfonamides is 1. The van der Waals surface area contributed by atoms with Crippen molar-refractivity contribution < 1.29 is 26.4 Å². The van der Waals surface area contributed by atoms with E-state index >= 15 is 0 Å². The monoisotopic (exact) mass is 440 g/mol. The van der Waals surface area contributed by atoms with Crippen LogP contribution in [0.3, 0.4) is 0 Å². The van der Waals surface area contributed by atoms with E-state index in [9.17, 15) is 21.6 Å². The lowest BCUT2D eigenvalue weighted by atomic mass is 10.2. The second-order valence-corrected chi connectivity index (χ2v) is 10.7. The van der Waals surface area contributed by atoms with Crippen molar-refractivity contribution >= 4 is 31.5 Å². The first-order valence-electron chi connectivity index (χ1n) is 8.86. The summed E-state index contributed by atoms with van der Waals surface area (Å²) in [7, 11) is -4.33. The Bertz CT molecular complexity index is 1090. The molecule has 29 heavy (non-hydrogen) atoms. The number of ether oxygens (including phenoxy) is 1. The normalized spacial score (nSPS) is 12.0. The summed E-state index contributed by atoms with van der Waals surface area (Å²) in [4.78, 5) is 12.6. The van der Waals surface area contributed by atoms with E-state index < -0.39 is 25.8 Å². The van der Waals surface area contributed by atoms with Gasteiger partial charge in [-0.2, -0.15) is 0 Å². The number of rotatable bonds is 8. The molecule has 0 saturated carbocycles. The van der Waals surface area contributed by atoms with Crippen molar-refractivity contribution in [1.82, 2.24) is 4.31 Å². The number of amides is 1. The molecule has 2 aromatic rings. The van der Waals surface area contributed by atoms with Gasteiger partial charge < -0.3 is 10.1 Å². The first kappa shape index (κ1) is 22.9. The molecule has 2 rings (SSSR count). The zero-order valence-corrected chi connectivity index (χ0v) is 18.3. The van der Waals surface area contributed by atoms with Gasteiger partial charge in [0.2, 0.25) is 10.0 Å². The van der Waals surface area contributed by atoms with Gasteiger partial charge in [-0.3, -0.25) is 4.79 Å². The topological polar surface area (TPSA) is 110 Å². The average molecular weight is 441 g/mol. The molecule has 10 heteroatoms. The molecule has 0 atom stereocenters. The Hall–Kier alpha value is -2.43. The fourth-order valence-corrected chi connectivity index (χ4v) is 4.38. The molecule has 1 N–H and O–H groups in total. The molecule has 0 aromatic heterocycles. The molecule has 0 unspecified atom stereocenters. The predicted octanol–water partition coefficient (Wildman–Crippen LogP) is 2.38. The Labute approximate surface area is 171 Å². The molecule has 0 radical (unpaired) electrons. The van der Waals surface area contributed by atoms with Gasteiger partial charge in [0.1, 0.15) is 10.6 Å². The molecule has 2 aromatic carbocycles. The quantitative estimate of drug-likeness (QED) is 0.675. The summed E-state index contributed by atoms with van der Waals surface area (Å²) in [5.41, 5.74) is 0.509. The van der Waals surface area contributed by atoms with Crippen LogP contribution >= 0.6 is 0 Å². The predicted molar refractivity (Wildman–Crippen MR) is 111 cm³/mol. The van der Waals surface area contributed by atoms with E-state index in [1.807, 2.05) is 0 Å². The highest BCUT2D eigenvalue weighted by Gasteiger charge is 2.23. The fourth-order valence-electron chi connectivity index (χ4n) is 2.44. The zero-order chi connectivity index (χ0) is 21.8. The molecular weight excluding hydrogens is 416 g/mol. The fraction of sp³-hybridized carbons (Fsp3) is 0.316. The number of carbonyl (C=O) groups is 1. The Morgan fingerprint density at radius 1 is 1.00 bits per heavy atom. The summed E-state index contributed by atoms with van der Waals surface area (Å²) in [6.45, 7) is 3.57. The minimum atomic E-state index is -3.79. The van der Waals surface area contributed by atoms with Crippen LogP contribution in [0.15, 0.2) is 52.3 Å². The van der Waals surface area contributed by atoms with Gasteiger partial charge in [-0.15, -0.1) is 0 Å². The Kier molecular flexibility index (Phi) is 7.04. The number of nitrogens with zero attached hydrogens (tertiary/aromatic N) is 1. The van der Waals surface area contributed by atoms with Gasteiger partial charge in [0, 0.05) is 25.3 Å². The number of benzene rings is 2. The molecule has 0 heterocycles. The standard InChI is InChI=1S/C19H24N2O6S2/c1-5-27-17-12-9-15(13-18(17)29(25,26)21(3)4)20-19(22)14-7-10-16(11-8-14)28(23,24)6-2/h7-13H,5-6H2,1-4H3,(H,20,22). The number of hydrogen-bond donors (Lipinski definition) is 1. The van der Waals surface area contributed by atoms with Crippen molar-refractivity contribution in [2.75, 3.05) is 31.8 Å². The lowest BCUT2D eigenvalue weighted by molar-refractivity contribution is 0.102. The molecule has 158 valence electrons. The van der Waals surface area contributed by atoms with Crippen molar-refractivity contribution in [3.8, 4) is 5.75 Å². The van der Waals surface area contributed by atoms with Gasteiger partial charge in [-0.25, -0.2) is 21.1 Å². The number of nitrogens with one attached hydrogen (secondary N) is 1. The smallest absolute Gasteiger partial charge is 0.255 e. The van der Waals surface area contributed by atoms with E-state index in [0.717, 1.165) is 4.31 Å². The Morgan fingerprint density at radius 3 is 2.14 bits per heavy atom. The van der Waals surface area contributed by atoms with E-state index in [4.69, 9.17) is 4.74 Å². The van der Waals surface area contributed by atoms with Gasteiger partial charge >= 0.3 is 0 Å². The van der Waals surface area contributed by atoms with Crippen LogP contribution in [0, 0.1) is 0 Å². The summed E-state index contributed by atoms with van der Waals surface area (Å²) < 4.78 is 55.3. The summed E-state index contributed by atoms with van der Waals surface area (Å²) in [6.07, 6.45) is 0. The van der Waals surface area contributed by atoms with Crippen LogP contribution in [0.5, 0.6) is 5.75 Å². The number of hydrogen-bond acceptors (Lipinski definition) is 6. The van der Waals surface area contributed by atoms with Crippen molar-refractivity contribution in [2.24, 2.45) is 0 Å². The largest absolute Gasteiger partial charge is 0.492 e. The lowest BCUT2D eigenvalue weighted by Crippen LogP contribution is -2.23. The maximum atomic E-state index is 12.6. The van der Waals surface area contributed by atoms with E-state index in [2.05, 4.69) is 5.32 Å². The minimum absolute atomic E-state index is 0.0339. The van der Waals surface area contributed by atoms with Crippen molar-refractivity contribution in [1.29, 1.82) is 0 Å². The number of sulfone groups is 1. The Balaban J connectivity index is 2.33. The van der Waals surface area contributed by atoms with Crippen LogP contribution in [-0.4, -0.2) is 53.5 Å². The van der Waals surface area contributed by atoms with E-state index in [1.54, 1.807) is 13.8 Å². The van der Waals surface area contributed by atoms with Crippen LogP contribution in [0.1, 0.15) is 24.2 Å². The molecule has 0 saturated heterocycles. The molecule has 0 aliphatic carbocycles. The molecule has 0 aliphatic rings. The van der Waals surface area contributed by atoms with Crippen molar-refractivity contribution in [2.45, 2.75) is 23.6 Å². The van der Waals surface area contributed by atoms with Crippen LogP contribution in [0.25, 0.3) is 0 Å². The maximum absolute atomic E-state index is 12.6. The molecule has 8 nitrogen and oxygen atoms in total. The average Bonchev–Trinajstić information content (AvgIpc) is 2.69. The first-order chi connectivity index (χ1) is 13.5. The highest BCUT2D eigenvalue weighted by atomic mass is 32.2. The van der Waals surface area contributed by atoms with Crippen LogP contribution in [0.4, 0.5) is 5.69 Å². The minimum Gasteiger partial charge on any atom is -0.492 e. The van der Waals surface area contributed by atoms with Gasteiger partial charge in [0.25, 0.3) is 5.91 Å². The van der Waals surface area contributed by atoms with E-state index in [0.29, 0.717) is 0 Å². The maximum Gasteiger partial charge on any atom is 0.255 e. The third kappa shape index (κ3) is 5.14. The molecule has 0 fully saturated rings. The Morgan fingerprint density at radius 2 is 1.62 bits per heavy atom. The van der Waals surface area contributed by atoms with Gasteiger partial charge in [0.05, 0.1) is 17.3 Å². The SMILES string of the molecule is CCOc1ccc(NC(=O)c2ccc(S(=O)(=O)CC)cc2)cc1S(=O)(=O)N(C)C. The van der Waals surface area contributed by atoms with Crippen LogP contribution in [0.2, 0.25) is 0 Å². The second kappa shape index (κ2) is 8.93. The highest BCUT2D eigenvalue weighted by molar-refractivity contribution is 7.91. The van der Waals surface area contributed by atoms with Crippen LogP contribution < -0.4 is 10.1 Å². The van der Waals surface area contributed by atoms with Gasteiger partial charge in [-0.1, -0.05) is 6.92 Å². The van der Waals surface area contributed by atoms with Crippen molar-refractivity contribution in [3.05, 3.63) is 48.0 Å². The second-order valence-electron chi connectivity index (χ2n) is 6.26. The lowest BCUT2D eigenvalue weighted by Gasteiger charge is -2.16. The molecule has 1 amide bonds.